The van der Waals surface area contributed by atoms with E-state index < -0.39 is 6.04 Å². The average molecular weight is 572 g/mol. The number of rotatable bonds is 12. The number of aromatic nitrogens is 2. The number of ether oxygens (including phenoxy) is 1. The molecule has 1 aliphatic rings. The second-order valence-corrected chi connectivity index (χ2v) is 11.0. The number of carbonyl (C=O) groups is 2. The molecule has 1 atom stereocenters. The van der Waals surface area contributed by atoms with Gasteiger partial charge in [-0.25, -0.2) is 4.98 Å². The molecule has 0 unspecified atom stereocenters. The predicted octanol–water partition coefficient (Wildman–Crippen LogP) is 4.60. The standard InChI is InChI=1S/C32H33N3O5S/c36-18-24(19-37)34-32(39)23-9-11-25(12-10-23)41-20-28-26-7-4-8-29(38)27(26)13-14-30(28)40-31(17-35-16-15-33-21-35)22-5-2-1-3-6-22/h1-3,5-6,9-16,21,24,31,36-37H,4,7-8,17-20H2,(H,34,39)/t31-/m1/s1. The molecule has 0 saturated heterocycles. The van der Waals surface area contributed by atoms with Crippen molar-refractivity contribution in [3.63, 3.8) is 0 Å². The molecular weight excluding hydrogens is 538 g/mol. The number of ketones is 1. The lowest BCUT2D eigenvalue weighted by Gasteiger charge is -2.25. The number of fused-ring (bicyclic) bond motifs is 1. The van der Waals surface area contributed by atoms with E-state index >= 15 is 0 Å². The van der Waals surface area contributed by atoms with E-state index in [0.29, 0.717) is 24.3 Å². The zero-order chi connectivity index (χ0) is 28.6. The van der Waals surface area contributed by atoms with Gasteiger partial charge in [-0.2, -0.15) is 0 Å². The highest BCUT2D eigenvalue weighted by atomic mass is 32.2. The third kappa shape index (κ3) is 7.05. The number of hydrogen-bond donors (Lipinski definition) is 3. The summed E-state index contributed by atoms with van der Waals surface area (Å²) in [5.74, 6) is 1.17. The number of imidazole rings is 1. The number of aliphatic hydroxyl groups excluding tert-OH is 2. The van der Waals surface area contributed by atoms with E-state index in [-0.39, 0.29) is 31.0 Å². The highest BCUT2D eigenvalue weighted by molar-refractivity contribution is 7.98. The molecule has 0 bridgehead atoms. The maximum absolute atomic E-state index is 12.8. The van der Waals surface area contributed by atoms with Crippen molar-refractivity contribution in [2.45, 2.75) is 48.6 Å². The maximum atomic E-state index is 12.8. The molecule has 1 aliphatic carbocycles. The fourth-order valence-electron chi connectivity index (χ4n) is 4.94. The zero-order valence-corrected chi connectivity index (χ0v) is 23.4. The Morgan fingerprint density at radius 1 is 1.02 bits per heavy atom. The Hall–Kier alpha value is -3.92. The molecule has 9 heteroatoms. The van der Waals surface area contributed by atoms with Gasteiger partial charge in [0.25, 0.3) is 5.91 Å². The van der Waals surface area contributed by atoms with Crippen molar-refractivity contribution in [3.8, 4) is 5.75 Å². The molecular formula is C32H33N3O5S. The Balaban J connectivity index is 1.39. The Kier molecular flexibility index (Phi) is 9.51. The van der Waals surface area contributed by atoms with Gasteiger partial charge >= 0.3 is 0 Å². The van der Waals surface area contributed by atoms with Gasteiger partial charge in [0.2, 0.25) is 0 Å². The Morgan fingerprint density at radius 2 is 1.80 bits per heavy atom. The van der Waals surface area contributed by atoms with Gasteiger partial charge in [0, 0.05) is 46.2 Å². The van der Waals surface area contributed by atoms with Gasteiger partial charge in [-0.3, -0.25) is 9.59 Å². The summed E-state index contributed by atoms with van der Waals surface area (Å²) in [6.07, 6.45) is 7.38. The summed E-state index contributed by atoms with van der Waals surface area (Å²) in [5.41, 5.74) is 4.34. The number of Topliss-reactive ketones (excluding diaryl/α,β-unsaturated/α-hetero) is 1. The number of amides is 1. The molecule has 0 saturated carbocycles. The smallest absolute Gasteiger partial charge is 0.251 e. The highest BCUT2D eigenvalue weighted by Gasteiger charge is 2.25. The molecule has 41 heavy (non-hydrogen) atoms. The van der Waals surface area contributed by atoms with Crippen molar-refractivity contribution in [3.05, 3.63) is 113 Å². The monoisotopic (exact) mass is 571 g/mol. The number of hydrogen-bond acceptors (Lipinski definition) is 7. The quantitative estimate of drug-likeness (QED) is 0.213. The lowest BCUT2D eigenvalue weighted by atomic mass is 9.87. The molecule has 0 spiro atoms. The third-order valence-electron chi connectivity index (χ3n) is 7.17. The van der Waals surface area contributed by atoms with Crippen LogP contribution in [0.5, 0.6) is 5.75 Å². The topological polar surface area (TPSA) is 114 Å². The van der Waals surface area contributed by atoms with Crippen molar-refractivity contribution in [2.75, 3.05) is 13.2 Å². The first-order chi connectivity index (χ1) is 20.1. The lowest BCUT2D eigenvalue weighted by Crippen LogP contribution is -2.40. The number of nitrogens with one attached hydrogen (secondary N) is 1. The summed E-state index contributed by atoms with van der Waals surface area (Å²) >= 11 is 1.62. The Morgan fingerprint density at radius 3 is 2.51 bits per heavy atom. The Labute approximate surface area is 243 Å². The van der Waals surface area contributed by atoms with E-state index in [1.54, 1.807) is 36.4 Å². The summed E-state index contributed by atoms with van der Waals surface area (Å²) in [5, 5.41) is 21.1. The minimum absolute atomic E-state index is 0.168. The van der Waals surface area contributed by atoms with Crippen LogP contribution < -0.4 is 10.1 Å². The Bertz CT molecular complexity index is 1450. The van der Waals surface area contributed by atoms with Crippen molar-refractivity contribution in [2.24, 2.45) is 0 Å². The van der Waals surface area contributed by atoms with Gasteiger partial charge in [0.05, 0.1) is 32.1 Å². The molecule has 0 aliphatic heterocycles. The van der Waals surface area contributed by atoms with Crippen LogP contribution in [0, 0.1) is 0 Å². The maximum Gasteiger partial charge on any atom is 0.251 e. The van der Waals surface area contributed by atoms with E-state index in [4.69, 9.17) is 4.74 Å². The summed E-state index contributed by atoms with van der Waals surface area (Å²) in [7, 11) is 0. The minimum atomic E-state index is -0.699. The van der Waals surface area contributed by atoms with Gasteiger partial charge in [0.1, 0.15) is 11.9 Å². The number of carbonyl (C=O) groups excluding carboxylic acids is 2. The number of nitrogens with zero attached hydrogens (tertiary/aromatic N) is 2. The van der Waals surface area contributed by atoms with Gasteiger partial charge in [-0.15, -0.1) is 11.8 Å². The van der Waals surface area contributed by atoms with E-state index in [1.807, 2.05) is 53.2 Å². The first-order valence-electron chi connectivity index (χ1n) is 13.7. The number of thioether (sulfide) groups is 1. The van der Waals surface area contributed by atoms with Gasteiger partial charge in [0.15, 0.2) is 5.78 Å². The SMILES string of the molecule is O=C(NC(CO)CO)c1ccc(SCc2c(O[C@H](Cn3ccnc3)c3ccccc3)ccc3c2CCCC3=O)cc1. The molecule has 3 aromatic carbocycles. The molecule has 1 heterocycles. The third-order valence-corrected chi connectivity index (χ3v) is 8.21. The average Bonchev–Trinajstić information content (AvgIpc) is 3.53. The van der Waals surface area contributed by atoms with Crippen LogP contribution in [0.15, 0.2) is 90.3 Å². The van der Waals surface area contributed by atoms with Crippen LogP contribution in [0.1, 0.15) is 56.4 Å². The zero-order valence-electron chi connectivity index (χ0n) is 22.6. The summed E-state index contributed by atoms with van der Waals surface area (Å²) in [4.78, 5) is 30.4. The van der Waals surface area contributed by atoms with Crippen LogP contribution in [0.2, 0.25) is 0 Å². The van der Waals surface area contributed by atoms with Crippen LogP contribution in [0.4, 0.5) is 0 Å². The number of benzene rings is 3. The van der Waals surface area contributed by atoms with Crippen molar-refractivity contribution in [1.29, 1.82) is 0 Å². The van der Waals surface area contributed by atoms with Crippen molar-refractivity contribution >= 4 is 23.5 Å². The van der Waals surface area contributed by atoms with Crippen molar-refractivity contribution in [1.82, 2.24) is 14.9 Å². The van der Waals surface area contributed by atoms with Crippen LogP contribution in [0.25, 0.3) is 0 Å². The fraction of sp³-hybridized carbons (Fsp3) is 0.281. The lowest BCUT2D eigenvalue weighted by molar-refractivity contribution is 0.0879. The normalized spacial score (nSPS) is 13.6. The van der Waals surface area contributed by atoms with Crippen LogP contribution in [0.3, 0.4) is 0 Å². The summed E-state index contributed by atoms with van der Waals surface area (Å²) in [6.45, 7) is -0.0839. The molecule has 1 aromatic heterocycles. The molecule has 5 rings (SSSR count). The summed E-state index contributed by atoms with van der Waals surface area (Å²) < 4.78 is 8.73. The second-order valence-electron chi connectivity index (χ2n) is 9.97. The van der Waals surface area contributed by atoms with Gasteiger partial charge in [-0.1, -0.05) is 30.3 Å². The van der Waals surface area contributed by atoms with Crippen molar-refractivity contribution < 1.29 is 24.5 Å². The minimum Gasteiger partial charge on any atom is -0.484 e. The van der Waals surface area contributed by atoms with Crippen LogP contribution in [-0.2, 0) is 18.7 Å². The predicted molar refractivity (Wildman–Crippen MR) is 157 cm³/mol. The largest absolute Gasteiger partial charge is 0.484 e. The molecule has 1 amide bonds. The first kappa shape index (κ1) is 28.6. The van der Waals surface area contributed by atoms with Gasteiger partial charge in [-0.05, 0) is 60.4 Å². The molecule has 0 fully saturated rings. The molecule has 4 aromatic rings. The molecule has 8 nitrogen and oxygen atoms in total. The second kappa shape index (κ2) is 13.6. The van der Waals surface area contributed by atoms with Gasteiger partial charge < -0.3 is 24.8 Å². The van der Waals surface area contributed by atoms with E-state index in [9.17, 15) is 19.8 Å². The fourth-order valence-corrected chi connectivity index (χ4v) is 5.90. The van der Waals surface area contributed by atoms with E-state index in [0.717, 1.165) is 45.7 Å². The van der Waals surface area contributed by atoms with Crippen LogP contribution >= 0.6 is 11.8 Å². The molecule has 0 radical (unpaired) electrons. The summed E-state index contributed by atoms with van der Waals surface area (Å²) in [6, 6.07) is 20.4. The van der Waals surface area contributed by atoms with E-state index in [2.05, 4.69) is 22.4 Å². The highest BCUT2D eigenvalue weighted by Crippen LogP contribution is 2.38. The first-order valence-corrected chi connectivity index (χ1v) is 14.6. The van der Waals surface area contributed by atoms with E-state index in [1.165, 1.54) is 0 Å². The van der Waals surface area contributed by atoms with Crippen LogP contribution in [-0.4, -0.2) is 50.7 Å². The molecule has 3 N–H and O–H groups in total. The number of aliphatic hydroxyl groups is 2. The molecule has 212 valence electrons.